The number of carbonyl (C=O) groups excluding carboxylic acids is 1. The number of hydrogen-bond acceptors (Lipinski definition) is 4. The molecule has 2 bridgehead atoms. The van der Waals surface area contributed by atoms with Crippen molar-refractivity contribution < 1.29 is 4.79 Å². The Morgan fingerprint density at radius 2 is 1.86 bits per heavy atom. The summed E-state index contributed by atoms with van der Waals surface area (Å²) >= 11 is 0.946. The van der Waals surface area contributed by atoms with Gasteiger partial charge in [0.25, 0.3) is 0 Å². The van der Waals surface area contributed by atoms with Gasteiger partial charge in [-0.25, -0.2) is 0 Å². The van der Waals surface area contributed by atoms with Gasteiger partial charge in [0.2, 0.25) is 0 Å². The molecule has 1 saturated heterocycles. The van der Waals surface area contributed by atoms with Crippen molar-refractivity contribution in [2.24, 2.45) is 5.41 Å². The maximum absolute atomic E-state index is 12.7. The Hall–Kier alpha value is -1.06. The van der Waals surface area contributed by atoms with Gasteiger partial charge >= 0.3 is 134 Å². The van der Waals surface area contributed by atoms with Gasteiger partial charge in [-0.05, 0) is 0 Å². The summed E-state index contributed by atoms with van der Waals surface area (Å²) in [6, 6.07) is 3.81. The normalized spacial score (nSPS) is 25.7. The van der Waals surface area contributed by atoms with Gasteiger partial charge in [0, 0.05) is 0 Å². The van der Waals surface area contributed by atoms with Crippen LogP contribution in [0.4, 0.5) is 0 Å². The van der Waals surface area contributed by atoms with Crippen LogP contribution in [0.2, 0.25) is 4.82 Å². The molecule has 1 fully saturated rings. The van der Waals surface area contributed by atoms with E-state index in [1.165, 1.54) is 0 Å². The predicted molar refractivity (Wildman–Crippen MR) is 81.4 cm³/mol. The molecule has 2 atom stereocenters. The number of ketones is 1. The van der Waals surface area contributed by atoms with E-state index in [0.29, 0.717) is 36.9 Å². The van der Waals surface area contributed by atoms with Crippen molar-refractivity contribution in [3.63, 3.8) is 0 Å². The standard InChI is InChI=1S/C15H13N3OSe2/c1-15(2)12-10-9(11(19)13(15)21-20-12)7-17-14(18-10)8-3-5-16-6-4-8/h3-7,12-13H,1-2H3/t12-,13+/m0/s1. The molecule has 1 aliphatic heterocycles. The van der Waals surface area contributed by atoms with Crippen LogP contribution < -0.4 is 0 Å². The summed E-state index contributed by atoms with van der Waals surface area (Å²) in [6.07, 6.45) is 5.23. The van der Waals surface area contributed by atoms with Gasteiger partial charge < -0.3 is 0 Å². The summed E-state index contributed by atoms with van der Waals surface area (Å²) in [7, 11) is 0. The minimum absolute atomic E-state index is 0.0634. The zero-order chi connectivity index (χ0) is 14.6. The third-order valence-electron chi connectivity index (χ3n) is 4.11. The van der Waals surface area contributed by atoms with Crippen LogP contribution in [-0.2, 0) is 0 Å². The first-order valence-corrected chi connectivity index (χ1v) is 13.0. The molecule has 4 rings (SSSR count). The first kappa shape index (κ1) is 13.6. The maximum atomic E-state index is 12.7. The Morgan fingerprint density at radius 3 is 2.62 bits per heavy atom. The third-order valence-corrected chi connectivity index (χ3v) is 14.0. The molecule has 6 heteroatoms. The van der Waals surface area contributed by atoms with Crippen LogP contribution in [0.1, 0.15) is 34.7 Å². The van der Waals surface area contributed by atoms with Crippen molar-refractivity contribution in [1.29, 1.82) is 0 Å². The van der Waals surface area contributed by atoms with Gasteiger partial charge in [0.15, 0.2) is 0 Å². The number of aromatic nitrogens is 3. The number of Topliss-reactive ketones (excluding diaryl/α,β-unsaturated/α-hetero) is 1. The van der Waals surface area contributed by atoms with Crippen molar-refractivity contribution in [2.75, 3.05) is 0 Å². The fourth-order valence-electron chi connectivity index (χ4n) is 2.84. The molecule has 0 saturated carbocycles. The number of pyridine rings is 1. The van der Waals surface area contributed by atoms with E-state index in [9.17, 15) is 4.79 Å². The molecule has 0 spiro atoms. The zero-order valence-corrected chi connectivity index (χ0v) is 15.0. The van der Waals surface area contributed by atoms with Gasteiger partial charge in [0.05, 0.1) is 0 Å². The summed E-state index contributed by atoms with van der Waals surface area (Å²) in [5, 5.41) is 0. The SMILES string of the molecule is CC1(C)[C@@H]2[Se][Se][C@H]1c1nc(-c3ccncc3)ncc1C2=O. The average molecular weight is 409 g/mol. The number of hydrogen-bond donors (Lipinski definition) is 0. The van der Waals surface area contributed by atoms with E-state index in [-0.39, 0.29) is 16.0 Å². The zero-order valence-electron chi connectivity index (χ0n) is 11.6. The van der Waals surface area contributed by atoms with Crippen LogP contribution in [0, 0.1) is 5.41 Å². The number of fused-ring (bicyclic) bond motifs is 4. The Balaban J connectivity index is 1.88. The molecule has 0 unspecified atom stereocenters. The van der Waals surface area contributed by atoms with Crippen molar-refractivity contribution >= 4 is 32.0 Å². The molecule has 3 heterocycles. The third kappa shape index (κ3) is 1.94. The van der Waals surface area contributed by atoms with Crippen LogP contribution in [0.15, 0.2) is 30.7 Å². The average Bonchev–Trinajstić information content (AvgIpc) is 2.71. The molecule has 21 heavy (non-hydrogen) atoms. The Kier molecular flexibility index (Phi) is 3.05. The summed E-state index contributed by atoms with van der Waals surface area (Å²) in [5.74, 6) is 0.973. The topological polar surface area (TPSA) is 55.7 Å². The van der Waals surface area contributed by atoms with E-state index in [1.54, 1.807) is 18.6 Å². The summed E-state index contributed by atoms with van der Waals surface area (Å²) in [6.45, 7) is 4.46. The minimum atomic E-state index is 0.0634. The first-order valence-electron chi connectivity index (χ1n) is 6.73. The van der Waals surface area contributed by atoms with Crippen molar-refractivity contribution in [2.45, 2.75) is 23.5 Å². The van der Waals surface area contributed by atoms with E-state index < -0.39 is 0 Å². The Labute approximate surface area is 134 Å². The molecule has 0 N–H and O–H groups in total. The molecule has 0 aromatic carbocycles. The first-order chi connectivity index (χ1) is 10.1. The second-order valence-corrected chi connectivity index (χ2v) is 12.8. The van der Waals surface area contributed by atoms with Gasteiger partial charge in [-0.15, -0.1) is 0 Å². The Bertz CT molecular complexity index is 733. The molecule has 0 amide bonds. The summed E-state index contributed by atoms with van der Waals surface area (Å²) in [4.78, 5) is 26.6. The molecule has 1 aliphatic carbocycles. The predicted octanol–water partition coefficient (Wildman–Crippen LogP) is 1.93. The second kappa shape index (κ2) is 4.72. The summed E-state index contributed by atoms with van der Waals surface area (Å²) < 4.78 is 0. The molecular weight excluding hydrogens is 396 g/mol. The van der Waals surface area contributed by atoms with E-state index in [0.717, 1.165) is 16.8 Å². The van der Waals surface area contributed by atoms with Crippen LogP contribution in [0.25, 0.3) is 11.4 Å². The number of rotatable bonds is 1. The molecule has 2 aliphatic rings. The van der Waals surface area contributed by atoms with E-state index in [1.807, 2.05) is 12.1 Å². The van der Waals surface area contributed by atoms with Crippen LogP contribution in [0.3, 0.4) is 0 Å². The van der Waals surface area contributed by atoms with Crippen LogP contribution >= 0.6 is 0 Å². The van der Waals surface area contributed by atoms with Crippen molar-refractivity contribution in [1.82, 2.24) is 15.0 Å². The van der Waals surface area contributed by atoms with Gasteiger partial charge in [-0.3, -0.25) is 0 Å². The second-order valence-electron chi connectivity index (χ2n) is 5.87. The molecule has 106 valence electrons. The molecular formula is C15H13N3OSe2. The molecule has 0 radical (unpaired) electrons. The van der Waals surface area contributed by atoms with Crippen molar-refractivity contribution in [3.05, 3.63) is 42.0 Å². The van der Waals surface area contributed by atoms with E-state index >= 15 is 0 Å². The molecule has 4 nitrogen and oxygen atoms in total. The summed E-state index contributed by atoms with van der Waals surface area (Å²) in [5.41, 5.74) is 2.77. The Morgan fingerprint density at radius 1 is 1.14 bits per heavy atom. The number of nitrogens with zero attached hydrogens (tertiary/aromatic N) is 3. The van der Waals surface area contributed by atoms with Gasteiger partial charge in [-0.2, -0.15) is 0 Å². The number of carbonyl (C=O) groups is 1. The van der Waals surface area contributed by atoms with Crippen molar-refractivity contribution in [3.8, 4) is 11.4 Å². The fourth-order valence-corrected chi connectivity index (χ4v) is 16.2. The molecule has 2 aromatic heterocycles. The monoisotopic (exact) mass is 411 g/mol. The van der Waals surface area contributed by atoms with E-state index in [4.69, 9.17) is 4.98 Å². The van der Waals surface area contributed by atoms with Gasteiger partial charge in [-0.1, -0.05) is 0 Å². The van der Waals surface area contributed by atoms with E-state index in [2.05, 4.69) is 23.8 Å². The molecule has 2 aromatic rings. The van der Waals surface area contributed by atoms with Crippen LogP contribution in [0.5, 0.6) is 0 Å². The van der Waals surface area contributed by atoms with Gasteiger partial charge in [0.1, 0.15) is 0 Å². The van der Waals surface area contributed by atoms with Crippen LogP contribution in [-0.4, -0.2) is 47.0 Å². The fraction of sp³-hybridized carbons (Fsp3) is 0.333. The quantitative estimate of drug-likeness (QED) is 0.676.